The average Bonchev–Trinajstić information content (AvgIpc) is 2.64. The third-order valence-electron chi connectivity index (χ3n) is 3.34. The van der Waals surface area contributed by atoms with Gasteiger partial charge in [0.25, 0.3) is 0 Å². The number of rotatable bonds is 7. The zero-order chi connectivity index (χ0) is 19.1. The van der Waals surface area contributed by atoms with Gasteiger partial charge < -0.3 is 9.47 Å². The summed E-state index contributed by atoms with van der Waals surface area (Å²) < 4.78 is 11.7. The van der Waals surface area contributed by atoms with Crippen LogP contribution in [0.5, 0.6) is 17.2 Å². The first kappa shape index (κ1) is 20.5. The lowest BCUT2D eigenvalue weighted by Gasteiger charge is -2.17. The molecule has 0 saturated carbocycles. The normalized spacial score (nSPS) is 11.5. The molecule has 26 heavy (non-hydrogen) atoms. The Morgan fingerprint density at radius 3 is 2.65 bits per heavy atom. The SMILES string of the molecule is CCSc1ccc(Oc2ccc(C#N)cc2Cl)cc1OC(C)C(=O)SC. The van der Waals surface area contributed by atoms with Crippen LogP contribution in [0.3, 0.4) is 0 Å². The van der Waals surface area contributed by atoms with Crippen molar-refractivity contribution in [3.8, 4) is 23.3 Å². The molecule has 1 unspecified atom stereocenters. The van der Waals surface area contributed by atoms with Gasteiger partial charge in [0.2, 0.25) is 5.12 Å². The number of hydrogen-bond acceptors (Lipinski definition) is 6. The molecule has 0 N–H and O–H groups in total. The third-order valence-corrected chi connectivity index (χ3v) is 5.31. The van der Waals surface area contributed by atoms with Crippen LogP contribution < -0.4 is 9.47 Å². The van der Waals surface area contributed by atoms with E-state index in [-0.39, 0.29) is 5.12 Å². The van der Waals surface area contributed by atoms with Crippen molar-refractivity contribution < 1.29 is 14.3 Å². The molecule has 0 aliphatic rings. The fourth-order valence-corrected chi connectivity index (χ4v) is 3.43. The Morgan fingerprint density at radius 1 is 1.27 bits per heavy atom. The predicted molar refractivity (Wildman–Crippen MR) is 108 cm³/mol. The van der Waals surface area contributed by atoms with Gasteiger partial charge in [0, 0.05) is 11.0 Å². The van der Waals surface area contributed by atoms with E-state index in [1.165, 1.54) is 0 Å². The molecule has 0 aromatic heterocycles. The van der Waals surface area contributed by atoms with Crippen molar-refractivity contribution in [3.63, 3.8) is 0 Å². The van der Waals surface area contributed by atoms with Crippen LogP contribution in [0.4, 0.5) is 0 Å². The Labute approximate surface area is 166 Å². The second kappa shape index (κ2) is 9.77. The quantitative estimate of drug-likeness (QED) is 0.542. The molecule has 0 heterocycles. The maximum atomic E-state index is 11.8. The summed E-state index contributed by atoms with van der Waals surface area (Å²) in [6.45, 7) is 3.77. The smallest absolute Gasteiger partial charge is 0.228 e. The van der Waals surface area contributed by atoms with E-state index in [1.807, 2.05) is 25.1 Å². The highest BCUT2D eigenvalue weighted by atomic mass is 35.5. The van der Waals surface area contributed by atoms with Crippen LogP contribution >= 0.6 is 35.1 Å². The van der Waals surface area contributed by atoms with Gasteiger partial charge in [0.15, 0.2) is 6.10 Å². The third kappa shape index (κ3) is 5.34. The van der Waals surface area contributed by atoms with Gasteiger partial charge in [-0.3, -0.25) is 4.79 Å². The summed E-state index contributed by atoms with van der Waals surface area (Å²) in [6.07, 6.45) is 1.17. The molecular weight excluding hydrogens is 390 g/mol. The number of nitrogens with zero attached hydrogens (tertiary/aromatic N) is 1. The molecule has 0 radical (unpaired) electrons. The Balaban J connectivity index is 2.28. The Kier molecular flexibility index (Phi) is 7.70. The van der Waals surface area contributed by atoms with E-state index in [4.69, 9.17) is 26.3 Å². The first-order valence-electron chi connectivity index (χ1n) is 7.87. The lowest BCUT2D eigenvalue weighted by molar-refractivity contribution is -0.116. The summed E-state index contributed by atoms with van der Waals surface area (Å²) in [5.41, 5.74) is 0.463. The summed E-state index contributed by atoms with van der Waals surface area (Å²) >= 11 is 8.93. The minimum absolute atomic E-state index is 0.0427. The van der Waals surface area contributed by atoms with Gasteiger partial charge in [-0.1, -0.05) is 30.3 Å². The highest BCUT2D eigenvalue weighted by Gasteiger charge is 2.17. The van der Waals surface area contributed by atoms with E-state index in [1.54, 1.807) is 49.2 Å². The molecule has 0 amide bonds. The number of carbonyl (C=O) groups is 1. The second-order valence-corrected chi connectivity index (χ2v) is 7.71. The lowest BCUT2D eigenvalue weighted by atomic mass is 10.2. The monoisotopic (exact) mass is 407 g/mol. The number of ether oxygens (including phenoxy) is 2. The first-order chi connectivity index (χ1) is 12.5. The zero-order valence-electron chi connectivity index (χ0n) is 14.6. The maximum absolute atomic E-state index is 11.8. The molecule has 0 aliphatic heterocycles. The van der Waals surface area contributed by atoms with Crippen molar-refractivity contribution in [1.82, 2.24) is 0 Å². The number of halogens is 1. The van der Waals surface area contributed by atoms with Crippen molar-refractivity contribution in [2.75, 3.05) is 12.0 Å². The minimum Gasteiger partial charge on any atom is -0.481 e. The van der Waals surface area contributed by atoms with Crippen molar-refractivity contribution in [2.45, 2.75) is 24.8 Å². The van der Waals surface area contributed by atoms with Crippen molar-refractivity contribution in [1.29, 1.82) is 5.26 Å². The van der Waals surface area contributed by atoms with Gasteiger partial charge in [-0.15, -0.1) is 11.8 Å². The van der Waals surface area contributed by atoms with Gasteiger partial charge in [-0.25, -0.2) is 0 Å². The summed E-state index contributed by atoms with van der Waals surface area (Å²) in [7, 11) is 0. The van der Waals surface area contributed by atoms with Crippen LogP contribution in [-0.4, -0.2) is 23.2 Å². The second-order valence-electron chi connectivity index (χ2n) is 5.18. The lowest BCUT2D eigenvalue weighted by Crippen LogP contribution is -2.20. The van der Waals surface area contributed by atoms with E-state index in [9.17, 15) is 4.79 Å². The fourth-order valence-electron chi connectivity index (χ4n) is 2.10. The molecule has 2 rings (SSSR count). The number of thioether (sulfide) groups is 2. The molecule has 1 atom stereocenters. The molecule has 7 heteroatoms. The van der Waals surface area contributed by atoms with Crippen molar-refractivity contribution >= 4 is 40.2 Å². The molecular formula is C19H18ClNO3S2. The number of benzene rings is 2. The van der Waals surface area contributed by atoms with Gasteiger partial charge in [-0.2, -0.15) is 5.26 Å². The van der Waals surface area contributed by atoms with Gasteiger partial charge in [-0.05, 0) is 49.3 Å². The number of nitriles is 1. The zero-order valence-corrected chi connectivity index (χ0v) is 17.0. The van der Waals surface area contributed by atoms with Crippen LogP contribution in [-0.2, 0) is 4.79 Å². The van der Waals surface area contributed by atoms with E-state index < -0.39 is 6.10 Å². The van der Waals surface area contributed by atoms with Gasteiger partial charge in [0.05, 0.1) is 16.7 Å². The average molecular weight is 408 g/mol. The maximum Gasteiger partial charge on any atom is 0.228 e. The van der Waals surface area contributed by atoms with Crippen LogP contribution in [0, 0.1) is 11.3 Å². The summed E-state index contributed by atoms with van der Waals surface area (Å²) in [5.74, 6) is 2.45. The van der Waals surface area contributed by atoms with Crippen LogP contribution in [0.25, 0.3) is 0 Å². The van der Waals surface area contributed by atoms with Crippen molar-refractivity contribution in [2.24, 2.45) is 0 Å². The standard InChI is InChI=1S/C19H18ClNO3S2/c1-4-26-18-8-6-14(10-17(18)23-12(2)19(22)25-3)24-16-7-5-13(11-21)9-15(16)20/h5-10,12H,4H2,1-3H3. The first-order valence-corrected chi connectivity index (χ1v) is 10.5. The molecule has 136 valence electrons. The number of hydrogen-bond donors (Lipinski definition) is 0. The molecule has 0 saturated heterocycles. The fraction of sp³-hybridized carbons (Fsp3) is 0.263. The van der Waals surface area contributed by atoms with E-state index in [2.05, 4.69) is 0 Å². The van der Waals surface area contributed by atoms with Crippen LogP contribution in [0.2, 0.25) is 5.02 Å². The van der Waals surface area contributed by atoms with Crippen molar-refractivity contribution in [3.05, 3.63) is 47.0 Å². The minimum atomic E-state index is -0.560. The Hall–Kier alpha value is -1.81. The largest absolute Gasteiger partial charge is 0.481 e. The van der Waals surface area contributed by atoms with E-state index >= 15 is 0 Å². The highest BCUT2D eigenvalue weighted by Crippen LogP contribution is 2.37. The number of carbonyl (C=O) groups excluding carboxylic acids is 1. The molecule has 0 fully saturated rings. The molecule has 2 aromatic rings. The summed E-state index contributed by atoms with van der Waals surface area (Å²) in [6, 6.07) is 12.3. The highest BCUT2D eigenvalue weighted by molar-refractivity contribution is 8.13. The Bertz CT molecular complexity index is 836. The van der Waals surface area contributed by atoms with Gasteiger partial charge >= 0.3 is 0 Å². The predicted octanol–water partition coefficient (Wildman–Crippen LogP) is 5.77. The molecule has 0 spiro atoms. The van der Waals surface area contributed by atoms with E-state index in [0.29, 0.717) is 27.8 Å². The molecule has 2 aromatic carbocycles. The molecule has 4 nitrogen and oxygen atoms in total. The van der Waals surface area contributed by atoms with Crippen LogP contribution in [0.15, 0.2) is 41.3 Å². The summed E-state index contributed by atoms with van der Waals surface area (Å²) in [5, 5.41) is 9.22. The molecule has 0 bridgehead atoms. The Morgan fingerprint density at radius 2 is 2.04 bits per heavy atom. The van der Waals surface area contributed by atoms with Gasteiger partial charge in [0.1, 0.15) is 17.2 Å². The van der Waals surface area contributed by atoms with Crippen LogP contribution in [0.1, 0.15) is 19.4 Å². The molecule has 0 aliphatic carbocycles. The topological polar surface area (TPSA) is 59.3 Å². The summed E-state index contributed by atoms with van der Waals surface area (Å²) in [4.78, 5) is 12.8. The van der Waals surface area contributed by atoms with E-state index in [0.717, 1.165) is 22.4 Å².